The molecule has 2 N–H and O–H groups in total. The fourth-order valence-corrected chi connectivity index (χ4v) is 10.9. The van der Waals surface area contributed by atoms with Crippen molar-refractivity contribution in [2.24, 2.45) is 29.6 Å². The van der Waals surface area contributed by atoms with Gasteiger partial charge < -0.3 is 48.3 Å². The largest absolute Gasteiger partial charge is 0.497 e. The van der Waals surface area contributed by atoms with E-state index >= 15 is 0 Å². The number of piperidine rings is 1. The molecule has 1 saturated carbocycles. The monoisotopic (exact) mass is 973 g/mol. The van der Waals surface area contributed by atoms with Crippen molar-refractivity contribution in [2.75, 3.05) is 41.6 Å². The number of methoxy groups -OCH3 is 4. The van der Waals surface area contributed by atoms with E-state index in [1.165, 1.54) is 26.2 Å². The number of amides is 1. The molecule has 3 heterocycles. The maximum absolute atomic E-state index is 14.5. The number of Topliss-reactive ketones (excluding diaryl/α,β-unsaturated/α-hetero) is 3. The zero-order valence-electron chi connectivity index (χ0n) is 41.7. The van der Waals surface area contributed by atoms with Crippen LogP contribution in [0.4, 0.5) is 0 Å². The van der Waals surface area contributed by atoms with Crippen molar-refractivity contribution in [3.63, 3.8) is 0 Å². The van der Waals surface area contributed by atoms with E-state index in [0.717, 1.165) is 5.57 Å². The normalized spacial score (nSPS) is 35.4. The highest BCUT2D eigenvalue weighted by Gasteiger charge is 2.56. The van der Waals surface area contributed by atoms with Gasteiger partial charge in [-0.1, -0.05) is 57.0 Å². The van der Waals surface area contributed by atoms with E-state index in [9.17, 15) is 34.2 Å². The van der Waals surface area contributed by atoms with Gasteiger partial charge in [-0.3, -0.25) is 19.2 Å². The van der Waals surface area contributed by atoms with Crippen molar-refractivity contribution in [3.8, 4) is 5.75 Å². The number of halogens is 1. The summed E-state index contributed by atoms with van der Waals surface area (Å²) in [6.07, 6.45) is 3.46. The quantitative estimate of drug-likeness (QED) is 0.0993. The van der Waals surface area contributed by atoms with Gasteiger partial charge in [-0.05, 0) is 114 Å². The predicted molar refractivity (Wildman–Crippen MR) is 254 cm³/mol. The number of ketones is 3. The number of fused-ring (bicyclic) bond motifs is 3. The number of aliphatic hydroxyl groups excluding tert-OH is 1. The van der Waals surface area contributed by atoms with Gasteiger partial charge in [0.15, 0.2) is 5.78 Å². The number of hydrogen-bond donors (Lipinski definition) is 2. The van der Waals surface area contributed by atoms with Gasteiger partial charge in [0.05, 0.1) is 37.6 Å². The van der Waals surface area contributed by atoms with E-state index < -0.39 is 77.8 Å². The first kappa shape index (κ1) is 55.4. The van der Waals surface area contributed by atoms with Crippen molar-refractivity contribution in [2.45, 2.75) is 167 Å². The highest BCUT2D eigenvalue weighted by Crippen LogP contribution is 2.39. The lowest BCUT2D eigenvalue weighted by Gasteiger charge is -2.47. The Bertz CT molecular complexity index is 1990. The number of benzene rings is 1. The maximum Gasteiger partial charge on any atom is 0.329 e. The Morgan fingerprint density at radius 2 is 1.60 bits per heavy atom. The third-order valence-electron chi connectivity index (χ3n) is 14.7. The smallest absolute Gasteiger partial charge is 0.329 e. The van der Waals surface area contributed by atoms with Crippen LogP contribution in [0.5, 0.6) is 5.75 Å². The number of esters is 1. The fourth-order valence-electron chi connectivity index (χ4n) is 10.7. The van der Waals surface area contributed by atoms with Crippen LogP contribution >= 0.6 is 11.6 Å². The predicted octanol–water partition coefficient (Wildman–Crippen LogP) is 7.04. The summed E-state index contributed by atoms with van der Waals surface area (Å²) >= 11 is 6.20. The zero-order chi connectivity index (χ0) is 50.0. The van der Waals surface area contributed by atoms with Crippen LogP contribution in [0.2, 0.25) is 5.02 Å². The van der Waals surface area contributed by atoms with Crippen LogP contribution in [0, 0.1) is 29.6 Å². The van der Waals surface area contributed by atoms with Crippen LogP contribution in [0.25, 0.3) is 0 Å². The second-order valence-electron chi connectivity index (χ2n) is 19.7. The van der Waals surface area contributed by atoms with Crippen LogP contribution < -0.4 is 4.74 Å². The van der Waals surface area contributed by atoms with Crippen molar-refractivity contribution in [1.29, 1.82) is 0 Å². The topological polar surface area (TPSA) is 194 Å². The molecule has 1 aromatic carbocycles. The fraction of sp³-hybridized carbons (Fsp3) is 0.712. The molecule has 380 valence electrons. The minimum Gasteiger partial charge on any atom is -0.497 e. The molecule has 5 rings (SSSR count). The average Bonchev–Trinajstić information content (AvgIpc) is 3.32. The van der Waals surface area contributed by atoms with Gasteiger partial charge in [0.25, 0.3) is 11.7 Å². The molecule has 68 heavy (non-hydrogen) atoms. The molecule has 0 radical (unpaired) electrons. The lowest BCUT2D eigenvalue weighted by molar-refractivity contribution is -0.302. The molecule has 0 aromatic heterocycles. The van der Waals surface area contributed by atoms with E-state index in [1.807, 2.05) is 39.8 Å². The van der Waals surface area contributed by atoms with Gasteiger partial charge >= 0.3 is 5.97 Å². The number of nitrogens with zero attached hydrogens (tertiary/aromatic N) is 1. The standard InChI is InChI=1S/C52H76ClNO14/c1-11-35-19-29(2)18-30(3)20-45(64-9)48-46(65-10)22-32(5)52(61,68-48)49(58)50(59)54-17-13-12-14-39(54)51(60)67-47(33(6)40(55)27-41(35)56)31(4)21-34-15-16-43(44(23-34)63-8)66-28-42(57)36-24-37(53)26-38(25-36)62-7/h19,21,24-26,30,32-35,39-40,43-48,55,61H,11-18,20,22-23,27-28H2,1-10H3. The number of cyclic esters (lactones) is 1. The van der Waals surface area contributed by atoms with Gasteiger partial charge in [0, 0.05) is 62.6 Å². The number of carbonyl (C=O) groups excluding carboxylic acids is 5. The van der Waals surface area contributed by atoms with E-state index in [-0.39, 0.29) is 68.0 Å². The summed E-state index contributed by atoms with van der Waals surface area (Å²) in [7, 11) is 6.14. The Labute approximate surface area is 407 Å². The highest BCUT2D eigenvalue weighted by atomic mass is 35.5. The molecular weight excluding hydrogens is 898 g/mol. The van der Waals surface area contributed by atoms with Crippen molar-refractivity contribution in [3.05, 3.63) is 52.1 Å². The number of rotatable bonds is 11. The molecule has 14 unspecified atom stereocenters. The lowest BCUT2D eigenvalue weighted by Crippen LogP contribution is -2.64. The first-order valence-corrected chi connectivity index (χ1v) is 24.8. The van der Waals surface area contributed by atoms with Crippen LogP contribution in [0.3, 0.4) is 0 Å². The summed E-state index contributed by atoms with van der Waals surface area (Å²) in [5.74, 6) is -7.63. The molecule has 3 fully saturated rings. The van der Waals surface area contributed by atoms with Gasteiger partial charge in [-0.2, -0.15) is 0 Å². The summed E-state index contributed by atoms with van der Waals surface area (Å²) in [5.41, 5.74) is 1.98. The van der Waals surface area contributed by atoms with Gasteiger partial charge in [0.2, 0.25) is 5.79 Å². The van der Waals surface area contributed by atoms with E-state index in [4.69, 9.17) is 44.8 Å². The van der Waals surface area contributed by atoms with Gasteiger partial charge in [-0.25, -0.2) is 4.79 Å². The number of carbonyl (C=O) groups is 5. The molecule has 1 amide bonds. The van der Waals surface area contributed by atoms with Gasteiger partial charge in [0.1, 0.15) is 36.4 Å². The first-order chi connectivity index (χ1) is 32.3. The molecule has 16 heteroatoms. The zero-order valence-corrected chi connectivity index (χ0v) is 42.5. The Balaban J connectivity index is 1.44. The minimum atomic E-state index is -2.53. The van der Waals surface area contributed by atoms with Crippen LogP contribution in [0.1, 0.15) is 123 Å². The lowest BCUT2D eigenvalue weighted by atomic mass is 9.81. The number of allylic oxidation sites excluding steroid dienone is 3. The number of aliphatic hydroxyl groups is 2. The summed E-state index contributed by atoms with van der Waals surface area (Å²) in [5, 5.41) is 24.3. The molecule has 1 aromatic rings. The number of ether oxygens (including phenoxy) is 7. The molecule has 1 aliphatic carbocycles. The van der Waals surface area contributed by atoms with Crippen LogP contribution in [-0.4, -0.2) is 140 Å². The Kier molecular flexibility index (Phi) is 20.4. The molecule has 2 bridgehead atoms. The van der Waals surface area contributed by atoms with E-state index in [2.05, 4.69) is 0 Å². The Morgan fingerprint density at radius 1 is 0.912 bits per heavy atom. The molecule has 0 spiro atoms. The minimum absolute atomic E-state index is 0.0120. The number of hydrogen-bond acceptors (Lipinski definition) is 14. The van der Waals surface area contributed by atoms with Crippen molar-refractivity contribution < 1.29 is 67.3 Å². The second kappa shape index (κ2) is 25.0. The summed E-state index contributed by atoms with van der Waals surface area (Å²) in [6.45, 7) is 11.0. The first-order valence-electron chi connectivity index (χ1n) is 24.4. The average molecular weight is 975 g/mol. The van der Waals surface area contributed by atoms with E-state index in [0.29, 0.717) is 73.3 Å². The van der Waals surface area contributed by atoms with Crippen molar-refractivity contribution >= 4 is 40.8 Å². The second-order valence-corrected chi connectivity index (χ2v) is 20.2. The molecule has 4 aliphatic rings. The molecule has 14 atom stereocenters. The summed E-state index contributed by atoms with van der Waals surface area (Å²) in [4.78, 5) is 71.6. The van der Waals surface area contributed by atoms with Crippen molar-refractivity contribution in [1.82, 2.24) is 4.90 Å². The Hall–Kier alpha value is -3.54. The molecule has 3 aliphatic heterocycles. The molecule has 15 nitrogen and oxygen atoms in total. The summed E-state index contributed by atoms with van der Waals surface area (Å²) in [6, 6.07) is 3.62. The highest BCUT2D eigenvalue weighted by molar-refractivity contribution is 6.39. The molecule has 2 saturated heterocycles. The maximum atomic E-state index is 14.5. The van der Waals surface area contributed by atoms with E-state index in [1.54, 1.807) is 39.2 Å². The Morgan fingerprint density at radius 3 is 2.26 bits per heavy atom. The summed E-state index contributed by atoms with van der Waals surface area (Å²) < 4.78 is 41.7. The third-order valence-corrected chi connectivity index (χ3v) is 14.9. The SMILES string of the molecule is CCC1C=C(C)CC(C)CC(OC)C2OC(O)(C(=O)C(=O)N3CCCCC3C(=O)OC(C(C)=CC3CCC(OCC(=O)c4cc(Cl)cc(OC)c4)C(OC)C3)C(C)C(O)CC1=O)C(C)CC2OC. The molecular formula is C52H76ClNO14. The van der Waals surface area contributed by atoms with Crippen LogP contribution in [-0.2, 0) is 47.6 Å². The third kappa shape index (κ3) is 13.4. The van der Waals surface area contributed by atoms with Crippen LogP contribution in [0.15, 0.2) is 41.5 Å². The van der Waals surface area contributed by atoms with Gasteiger partial charge in [-0.15, -0.1) is 0 Å².